The molecule has 3 aromatic carbocycles. The van der Waals surface area contributed by atoms with Crippen molar-refractivity contribution >= 4 is 50.7 Å². The summed E-state index contributed by atoms with van der Waals surface area (Å²) in [6.07, 6.45) is 2.02. The van der Waals surface area contributed by atoms with E-state index in [0.29, 0.717) is 18.7 Å². The Morgan fingerprint density at radius 2 is 1.64 bits per heavy atom. The zero-order chi connectivity index (χ0) is 30.9. The number of rotatable bonds is 14. The number of anilines is 1. The van der Waals surface area contributed by atoms with Crippen LogP contribution in [0.2, 0.25) is 10.0 Å². The Balaban J connectivity index is 2.08. The fraction of sp³-hybridized carbons (Fsp3) is 0.355. The van der Waals surface area contributed by atoms with E-state index in [1.54, 1.807) is 37.4 Å². The molecule has 11 heteroatoms. The lowest BCUT2D eigenvalue weighted by Crippen LogP contribution is -2.52. The maximum atomic E-state index is 14.2. The average Bonchev–Trinajstić information content (AvgIpc) is 2.95. The number of hydrogen-bond donors (Lipinski definition) is 1. The zero-order valence-electron chi connectivity index (χ0n) is 24.3. The third-order valence-corrected chi connectivity index (χ3v) is 8.95. The van der Waals surface area contributed by atoms with E-state index in [1.807, 2.05) is 26.8 Å². The molecule has 1 atom stereocenters. The van der Waals surface area contributed by atoms with Gasteiger partial charge in [-0.3, -0.25) is 13.9 Å². The monoisotopic (exact) mass is 633 g/mol. The summed E-state index contributed by atoms with van der Waals surface area (Å²) in [7, 11) is -2.70. The molecule has 0 radical (unpaired) electrons. The molecule has 8 nitrogen and oxygen atoms in total. The van der Waals surface area contributed by atoms with Gasteiger partial charge in [0.1, 0.15) is 18.3 Å². The van der Waals surface area contributed by atoms with Crippen LogP contribution in [0.1, 0.15) is 44.2 Å². The fourth-order valence-corrected chi connectivity index (χ4v) is 6.36. The molecule has 1 N–H and O–H groups in total. The number of benzene rings is 3. The van der Waals surface area contributed by atoms with Crippen LogP contribution in [-0.4, -0.2) is 51.4 Å². The van der Waals surface area contributed by atoms with E-state index in [2.05, 4.69) is 5.32 Å². The van der Waals surface area contributed by atoms with Crippen molar-refractivity contribution in [2.24, 2.45) is 0 Å². The molecule has 0 aliphatic rings. The lowest BCUT2D eigenvalue weighted by atomic mass is 10.1. The smallest absolute Gasteiger partial charge is 0.264 e. The number of nitrogens with one attached hydrogen (secondary N) is 1. The predicted octanol–water partition coefficient (Wildman–Crippen LogP) is 6.23. The maximum Gasteiger partial charge on any atom is 0.264 e. The maximum absolute atomic E-state index is 14.2. The SMILES string of the molecule is CCCCNC(=O)[C@@H](CC)N(Cc1cccc(OC)c1)C(=O)CN(c1cc(Cl)cc(Cl)c1)S(=O)(=O)c1ccc(C)cc1. The molecular weight excluding hydrogens is 597 g/mol. The van der Waals surface area contributed by atoms with Crippen LogP contribution < -0.4 is 14.4 Å². The molecule has 42 heavy (non-hydrogen) atoms. The van der Waals surface area contributed by atoms with Gasteiger partial charge in [-0.15, -0.1) is 0 Å². The van der Waals surface area contributed by atoms with Gasteiger partial charge in [0.05, 0.1) is 17.7 Å². The summed E-state index contributed by atoms with van der Waals surface area (Å²) >= 11 is 12.5. The van der Waals surface area contributed by atoms with E-state index in [4.69, 9.17) is 27.9 Å². The number of halogens is 2. The minimum absolute atomic E-state index is 0.000642. The van der Waals surface area contributed by atoms with E-state index >= 15 is 0 Å². The molecule has 0 fully saturated rings. The fourth-order valence-electron chi connectivity index (χ4n) is 4.44. The van der Waals surface area contributed by atoms with Crippen LogP contribution in [0.4, 0.5) is 5.69 Å². The molecule has 0 aliphatic carbocycles. The van der Waals surface area contributed by atoms with Gasteiger partial charge >= 0.3 is 0 Å². The van der Waals surface area contributed by atoms with Crippen molar-refractivity contribution in [1.29, 1.82) is 0 Å². The molecule has 0 bridgehead atoms. The normalized spacial score (nSPS) is 12.0. The standard InChI is InChI=1S/C31H37Cl2N3O5S/c1-5-7-15-34-31(38)29(6-2)35(20-23-9-8-10-27(16-23)41-4)30(37)21-36(26-18-24(32)17-25(33)19-26)42(39,40)28-13-11-22(3)12-14-28/h8-14,16-19,29H,5-7,15,20-21H2,1-4H3,(H,34,38)/t29-/m1/s1. The molecule has 0 heterocycles. The van der Waals surface area contributed by atoms with Crippen LogP contribution in [0.15, 0.2) is 71.6 Å². The summed E-state index contributed by atoms with van der Waals surface area (Å²) in [6.45, 7) is 5.63. The molecule has 2 amide bonds. The third-order valence-electron chi connectivity index (χ3n) is 6.73. The van der Waals surface area contributed by atoms with E-state index in [1.165, 1.54) is 35.2 Å². The molecule has 226 valence electrons. The highest BCUT2D eigenvalue weighted by atomic mass is 35.5. The zero-order valence-corrected chi connectivity index (χ0v) is 26.6. The van der Waals surface area contributed by atoms with Gasteiger partial charge in [0.25, 0.3) is 10.0 Å². The highest BCUT2D eigenvalue weighted by molar-refractivity contribution is 7.92. The number of amides is 2. The van der Waals surface area contributed by atoms with Crippen molar-refractivity contribution in [2.45, 2.75) is 57.5 Å². The predicted molar refractivity (Wildman–Crippen MR) is 168 cm³/mol. The van der Waals surface area contributed by atoms with Gasteiger partial charge in [-0.25, -0.2) is 8.42 Å². The Hall–Kier alpha value is -3.27. The second-order valence-corrected chi connectivity index (χ2v) is 12.6. The first-order chi connectivity index (χ1) is 20.0. The summed E-state index contributed by atoms with van der Waals surface area (Å²) in [5, 5.41) is 3.34. The van der Waals surface area contributed by atoms with Gasteiger partial charge in [-0.05, 0) is 67.8 Å². The van der Waals surface area contributed by atoms with E-state index in [-0.39, 0.29) is 33.1 Å². The Labute approximate surface area is 258 Å². The third kappa shape index (κ3) is 8.63. The van der Waals surface area contributed by atoms with Crippen molar-refractivity contribution in [3.05, 3.63) is 87.9 Å². The van der Waals surface area contributed by atoms with E-state index in [0.717, 1.165) is 28.3 Å². The van der Waals surface area contributed by atoms with Crippen molar-refractivity contribution < 1.29 is 22.7 Å². The van der Waals surface area contributed by atoms with E-state index < -0.39 is 28.5 Å². The van der Waals surface area contributed by atoms with Crippen LogP contribution in [0.5, 0.6) is 5.75 Å². The summed E-state index contributed by atoms with van der Waals surface area (Å²) in [4.78, 5) is 28.9. The van der Waals surface area contributed by atoms with E-state index in [9.17, 15) is 18.0 Å². The number of carbonyl (C=O) groups is 2. The van der Waals surface area contributed by atoms with Crippen molar-refractivity contribution in [1.82, 2.24) is 10.2 Å². The number of hydrogen-bond acceptors (Lipinski definition) is 5. The van der Waals surface area contributed by atoms with Gasteiger partial charge in [0.2, 0.25) is 11.8 Å². The van der Waals surface area contributed by atoms with Crippen LogP contribution in [-0.2, 0) is 26.2 Å². The van der Waals surface area contributed by atoms with Crippen LogP contribution >= 0.6 is 23.2 Å². The Bertz CT molecular complexity index is 1460. The lowest BCUT2D eigenvalue weighted by molar-refractivity contribution is -0.140. The Kier molecular flexibility index (Phi) is 12.1. The first-order valence-corrected chi connectivity index (χ1v) is 15.9. The van der Waals surface area contributed by atoms with Gasteiger partial charge in [-0.1, -0.05) is 73.3 Å². The number of ether oxygens (including phenoxy) is 1. The highest BCUT2D eigenvalue weighted by Gasteiger charge is 2.34. The second kappa shape index (κ2) is 15.3. The molecule has 0 aliphatic heterocycles. The molecule has 0 saturated heterocycles. The van der Waals surface area contributed by atoms with Crippen LogP contribution in [0.25, 0.3) is 0 Å². The van der Waals surface area contributed by atoms with Gasteiger partial charge < -0.3 is 15.0 Å². The Morgan fingerprint density at radius 1 is 0.976 bits per heavy atom. The largest absolute Gasteiger partial charge is 0.497 e. The van der Waals surface area contributed by atoms with Crippen molar-refractivity contribution in [3.8, 4) is 5.75 Å². The number of unbranched alkanes of at least 4 members (excludes halogenated alkanes) is 1. The summed E-state index contributed by atoms with van der Waals surface area (Å²) in [5.74, 6) is -0.277. The lowest BCUT2D eigenvalue weighted by Gasteiger charge is -2.33. The highest BCUT2D eigenvalue weighted by Crippen LogP contribution is 2.30. The Morgan fingerprint density at radius 3 is 2.24 bits per heavy atom. The quantitative estimate of drug-likeness (QED) is 0.212. The molecule has 0 saturated carbocycles. The first kappa shape index (κ1) is 33.2. The summed E-state index contributed by atoms with van der Waals surface area (Å²) in [5.41, 5.74) is 1.73. The van der Waals surface area contributed by atoms with Gasteiger partial charge in [0.15, 0.2) is 0 Å². The number of carbonyl (C=O) groups excluding carboxylic acids is 2. The molecule has 0 spiro atoms. The molecule has 0 unspecified atom stereocenters. The minimum Gasteiger partial charge on any atom is -0.497 e. The van der Waals surface area contributed by atoms with Crippen molar-refractivity contribution in [3.63, 3.8) is 0 Å². The molecule has 3 aromatic rings. The molecule has 3 rings (SSSR count). The first-order valence-electron chi connectivity index (χ1n) is 13.8. The number of nitrogens with zero attached hydrogens (tertiary/aromatic N) is 2. The summed E-state index contributed by atoms with van der Waals surface area (Å²) < 4.78 is 34.3. The molecule has 0 aromatic heterocycles. The van der Waals surface area contributed by atoms with Gasteiger partial charge in [0, 0.05) is 23.1 Å². The minimum atomic E-state index is -4.24. The van der Waals surface area contributed by atoms with Crippen LogP contribution in [0, 0.1) is 6.92 Å². The second-order valence-electron chi connectivity index (χ2n) is 9.89. The molecular formula is C31H37Cl2N3O5S. The van der Waals surface area contributed by atoms with Crippen LogP contribution in [0.3, 0.4) is 0 Å². The number of aryl methyl sites for hydroxylation is 1. The summed E-state index contributed by atoms with van der Waals surface area (Å²) in [6, 6.07) is 17.0. The average molecular weight is 635 g/mol. The van der Waals surface area contributed by atoms with Gasteiger partial charge in [-0.2, -0.15) is 0 Å². The number of methoxy groups -OCH3 is 1. The van der Waals surface area contributed by atoms with Crippen molar-refractivity contribution in [2.75, 3.05) is 24.5 Å². The number of sulfonamides is 1. The topological polar surface area (TPSA) is 96.0 Å².